The molecule has 2 rings (SSSR count). The van der Waals surface area contributed by atoms with Gasteiger partial charge in [-0.2, -0.15) is 4.37 Å². The van der Waals surface area contributed by atoms with Crippen LogP contribution in [0.1, 0.15) is 20.3 Å². The lowest BCUT2D eigenvalue weighted by molar-refractivity contribution is 0.103. The summed E-state index contributed by atoms with van der Waals surface area (Å²) in [6, 6.07) is 0. The highest BCUT2D eigenvalue weighted by molar-refractivity contribution is 7.91. The van der Waals surface area contributed by atoms with E-state index in [-0.39, 0.29) is 22.4 Å². The number of hydrogen-bond acceptors (Lipinski definition) is 7. The zero-order valence-electron chi connectivity index (χ0n) is 11.0. The lowest BCUT2D eigenvalue weighted by atomic mass is 9.96. The van der Waals surface area contributed by atoms with Crippen molar-refractivity contribution in [3.8, 4) is 0 Å². The molecule has 0 saturated carbocycles. The van der Waals surface area contributed by atoms with Gasteiger partial charge in [-0.3, -0.25) is 0 Å². The van der Waals surface area contributed by atoms with E-state index in [1.807, 2.05) is 11.8 Å². The van der Waals surface area contributed by atoms with E-state index in [0.717, 1.165) is 18.0 Å². The molecule has 1 saturated heterocycles. The number of β-amino-alcohol motifs (C(OH)–C–C–N with tert-alkyl or cyclic N) is 1. The highest BCUT2D eigenvalue weighted by Crippen LogP contribution is 2.37. The Hall–Kier alpha value is -0.860. The molecule has 1 aliphatic rings. The summed E-state index contributed by atoms with van der Waals surface area (Å²) in [7, 11) is -3.40. The highest BCUT2D eigenvalue weighted by atomic mass is 32.2. The van der Waals surface area contributed by atoms with Gasteiger partial charge in [0, 0.05) is 13.1 Å². The van der Waals surface area contributed by atoms with Crippen molar-refractivity contribution in [2.75, 3.05) is 29.5 Å². The van der Waals surface area contributed by atoms with Gasteiger partial charge < -0.3 is 15.7 Å². The summed E-state index contributed by atoms with van der Waals surface area (Å²) in [5.74, 6) is 0.290. The number of aromatic nitrogens is 1. The van der Waals surface area contributed by atoms with Crippen LogP contribution in [0.15, 0.2) is 4.90 Å². The molecular formula is C11H19N3O3S2. The van der Waals surface area contributed by atoms with Crippen molar-refractivity contribution in [2.24, 2.45) is 5.92 Å². The molecule has 0 radical (unpaired) electrons. The van der Waals surface area contributed by atoms with E-state index >= 15 is 0 Å². The van der Waals surface area contributed by atoms with E-state index in [1.165, 1.54) is 0 Å². The number of aliphatic hydroxyl groups excluding tert-OH is 1. The Kier molecular flexibility index (Phi) is 4.03. The van der Waals surface area contributed by atoms with Crippen molar-refractivity contribution in [1.29, 1.82) is 0 Å². The smallest absolute Gasteiger partial charge is 0.184 e. The maximum absolute atomic E-state index is 12.1. The molecule has 1 aromatic heterocycles. The second-order valence-corrected chi connectivity index (χ2v) is 7.85. The van der Waals surface area contributed by atoms with Gasteiger partial charge in [0.1, 0.15) is 9.90 Å². The number of rotatable bonds is 3. The van der Waals surface area contributed by atoms with Crippen molar-refractivity contribution in [1.82, 2.24) is 4.37 Å². The van der Waals surface area contributed by atoms with Crippen molar-refractivity contribution in [3.05, 3.63) is 0 Å². The Morgan fingerprint density at radius 1 is 1.58 bits per heavy atom. The first-order valence-corrected chi connectivity index (χ1v) is 8.70. The van der Waals surface area contributed by atoms with Crippen LogP contribution in [0.5, 0.6) is 0 Å². The first kappa shape index (κ1) is 14.5. The number of piperidine rings is 1. The summed E-state index contributed by atoms with van der Waals surface area (Å²) in [4.78, 5) is 2.00. The number of nitrogens with zero attached hydrogens (tertiary/aromatic N) is 2. The average Bonchev–Trinajstić information content (AvgIpc) is 2.75. The first-order chi connectivity index (χ1) is 8.86. The molecular weight excluding hydrogens is 286 g/mol. The summed E-state index contributed by atoms with van der Waals surface area (Å²) in [5, 5.41) is 10.5. The third-order valence-electron chi connectivity index (χ3n) is 3.55. The summed E-state index contributed by atoms with van der Waals surface area (Å²) in [6.45, 7) is 4.72. The molecule has 2 unspecified atom stereocenters. The monoisotopic (exact) mass is 305 g/mol. The highest BCUT2D eigenvalue weighted by Gasteiger charge is 2.31. The van der Waals surface area contributed by atoms with E-state index < -0.39 is 15.9 Å². The molecule has 0 aliphatic carbocycles. The minimum atomic E-state index is -3.40. The van der Waals surface area contributed by atoms with Crippen LogP contribution in [0.25, 0.3) is 0 Å². The fourth-order valence-electron chi connectivity index (χ4n) is 2.16. The van der Waals surface area contributed by atoms with Crippen LogP contribution >= 0.6 is 11.5 Å². The van der Waals surface area contributed by atoms with Crippen LogP contribution in [0, 0.1) is 5.92 Å². The molecule has 1 aliphatic heterocycles. The summed E-state index contributed by atoms with van der Waals surface area (Å²) in [6.07, 6.45) is 0.374. The standard InChI is InChI=1S/C11H19N3O3S2/c1-3-19(16,17)9-10(12)13-18-11(9)14-5-4-7(2)8(15)6-14/h7-8,15H,3-6H2,1-2H3,(H2,12,13). The second kappa shape index (κ2) is 5.26. The van der Waals surface area contributed by atoms with E-state index in [0.29, 0.717) is 18.1 Å². The Labute approximate surface area is 117 Å². The van der Waals surface area contributed by atoms with Gasteiger partial charge in [-0.1, -0.05) is 13.8 Å². The number of nitrogens with two attached hydrogens (primary N) is 1. The molecule has 2 atom stereocenters. The van der Waals surface area contributed by atoms with Crippen LogP contribution in [-0.2, 0) is 9.84 Å². The Morgan fingerprint density at radius 3 is 2.84 bits per heavy atom. The minimum Gasteiger partial charge on any atom is -0.391 e. The van der Waals surface area contributed by atoms with Gasteiger partial charge in [0.25, 0.3) is 0 Å². The molecule has 1 fully saturated rings. The number of hydrogen-bond donors (Lipinski definition) is 2. The van der Waals surface area contributed by atoms with Crippen molar-refractivity contribution in [2.45, 2.75) is 31.3 Å². The third-order valence-corrected chi connectivity index (χ3v) is 6.39. The second-order valence-electron chi connectivity index (χ2n) is 4.88. The number of anilines is 2. The van der Waals surface area contributed by atoms with Crippen LogP contribution in [0.2, 0.25) is 0 Å². The molecule has 0 amide bonds. The molecule has 6 nitrogen and oxygen atoms in total. The van der Waals surface area contributed by atoms with Gasteiger partial charge in [0.15, 0.2) is 15.7 Å². The van der Waals surface area contributed by atoms with Crippen LogP contribution in [-0.4, -0.2) is 42.8 Å². The van der Waals surface area contributed by atoms with Crippen molar-refractivity contribution < 1.29 is 13.5 Å². The maximum Gasteiger partial charge on any atom is 0.184 e. The topological polar surface area (TPSA) is 96.5 Å². The van der Waals surface area contributed by atoms with Gasteiger partial charge >= 0.3 is 0 Å². The fraction of sp³-hybridized carbons (Fsp3) is 0.727. The first-order valence-electron chi connectivity index (χ1n) is 6.27. The van der Waals surface area contributed by atoms with E-state index in [2.05, 4.69) is 4.37 Å². The lowest BCUT2D eigenvalue weighted by Crippen LogP contribution is -2.43. The SMILES string of the molecule is CCS(=O)(=O)c1c(N)nsc1N1CCC(C)C(O)C1. The van der Waals surface area contributed by atoms with Gasteiger partial charge in [-0.25, -0.2) is 8.42 Å². The normalized spacial score (nSPS) is 24.7. The number of sulfone groups is 1. The molecule has 3 N–H and O–H groups in total. The number of nitrogen functional groups attached to an aromatic ring is 1. The quantitative estimate of drug-likeness (QED) is 0.854. The van der Waals surface area contributed by atoms with E-state index in [1.54, 1.807) is 6.92 Å². The van der Waals surface area contributed by atoms with Crippen molar-refractivity contribution >= 4 is 32.2 Å². The number of aliphatic hydroxyl groups is 1. The largest absolute Gasteiger partial charge is 0.391 e. The predicted octanol–water partition coefficient (Wildman–Crippen LogP) is 0.726. The van der Waals surface area contributed by atoms with Crippen LogP contribution in [0.3, 0.4) is 0 Å². The minimum absolute atomic E-state index is 0.00455. The Bertz CT molecular complexity index is 556. The van der Waals surface area contributed by atoms with E-state index in [9.17, 15) is 13.5 Å². The zero-order chi connectivity index (χ0) is 14.2. The summed E-state index contributed by atoms with van der Waals surface area (Å²) < 4.78 is 28.1. The zero-order valence-corrected chi connectivity index (χ0v) is 12.7. The molecule has 0 bridgehead atoms. The van der Waals surface area contributed by atoms with Crippen LogP contribution in [0.4, 0.5) is 10.8 Å². The fourth-order valence-corrected chi connectivity index (χ4v) is 4.50. The average molecular weight is 305 g/mol. The third kappa shape index (κ3) is 2.70. The summed E-state index contributed by atoms with van der Waals surface area (Å²) >= 11 is 1.09. The molecule has 8 heteroatoms. The maximum atomic E-state index is 12.1. The van der Waals surface area contributed by atoms with Gasteiger partial charge in [0.05, 0.1) is 11.9 Å². The predicted molar refractivity (Wildman–Crippen MR) is 76.3 cm³/mol. The molecule has 0 spiro atoms. The van der Waals surface area contributed by atoms with Gasteiger partial charge in [-0.05, 0) is 23.9 Å². The lowest BCUT2D eigenvalue weighted by Gasteiger charge is -2.35. The molecule has 108 valence electrons. The molecule has 0 aromatic carbocycles. The molecule has 1 aromatic rings. The Balaban J connectivity index is 2.37. The van der Waals surface area contributed by atoms with E-state index in [4.69, 9.17) is 5.73 Å². The Morgan fingerprint density at radius 2 is 2.26 bits per heavy atom. The van der Waals surface area contributed by atoms with Gasteiger partial charge in [-0.15, -0.1) is 0 Å². The summed E-state index contributed by atoms with van der Waals surface area (Å²) in [5.41, 5.74) is 5.70. The molecule has 2 heterocycles. The van der Waals surface area contributed by atoms with Crippen LogP contribution < -0.4 is 10.6 Å². The van der Waals surface area contributed by atoms with Crippen molar-refractivity contribution in [3.63, 3.8) is 0 Å². The van der Waals surface area contributed by atoms with Gasteiger partial charge in [0.2, 0.25) is 0 Å². The molecule has 19 heavy (non-hydrogen) atoms.